The number of rotatable bonds is 9. The fourth-order valence-electron chi connectivity index (χ4n) is 9.41. The topological polar surface area (TPSA) is 91.3 Å². The van der Waals surface area contributed by atoms with Crippen molar-refractivity contribution in [3.63, 3.8) is 0 Å². The second-order valence-corrected chi connectivity index (χ2v) is 16.5. The fourth-order valence-corrected chi connectivity index (χ4v) is 9.41. The van der Waals surface area contributed by atoms with Crippen LogP contribution in [-0.2, 0) is 6.54 Å². The van der Waals surface area contributed by atoms with E-state index in [1.165, 1.54) is 0 Å². The molecule has 0 spiro atoms. The van der Waals surface area contributed by atoms with Gasteiger partial charge in [-0.2, -0.15) is 0 Å². The molecule has 8 nitrogen and oxygen atoms in total. The Bertz CT molecular complexity index is 3810. The summed E-state index contributed by atoms with van der Waals surface area (Å²) < 4.78 is 7.06. The summed E-state index contributed by atoms with van der Waals surface area (Å²) in [6.07, 6.45) is 1.86. The summed E-state index contributed by atoms with van der Waals surface area (Å²) in [7, 11) is 0. The van der Waals surface area contributed by atoms with Crippen LogP contribution in [0.3, 0.4) is 0 Å². The van der Waals surface area contributed by atoms with Crippen LogP contribution in [0.5, 0.6) is 0 Å². The van der Waals surface area contributed by atoms with E-state index in [4.69, 9.17) is 25.7 Å². The maximum Gasteiger partial charge on any atom is 0.165 e. The van der Waals surface area contributed by atoms with Crippen LogP contribution in [0.2, 0.25) is 0 Å². The first-order chi connectivity index (χ1) is 33.2. The Hall–Kier alpha value is -9.14. The molecule has 318 valence electrons. The van der Waals surface area contributed by atoms with Crippen molar-refractivity contribution < 1.29 is 0 Å². The van der Waals surface area contributed by atoms with Crippen molar-refractivity contribution in [1.82, 2.24) is 23.7 Å². The van der Waals surface area contributed by atoms with Gasteiger partial charge in [-0.15, -0.1) is 0 Å². The molecule has 4 heterocycles. The smallest absolute Gasteiger partial charge is 0.165 e. The average molecular weight is 863 g/mol. The highest BCUT2D eigenvalue weighted by molar-refractivity contribution is 6.26. The molecule has 0 aliphatic carbocycles. The second-order valence-electron chi connectivity index (χ2n) is 16.5. The number of hydrogen-bond donors (Lipinski definition) is 1. The molecule has 2 N–H and O–H groups in total. The zero-order valence-corrected chi connectivity index (χ0v) is 36.4. The summed E-state index contributed by atoms with van der Waals surface area (Å²) in [5.41, 5.74) is 20.3. The first kappa shape index (κ1) is 39.5. The zero-order valence-electron chi connectivity index (χ0n) is 36.4. The lowest BCUT2D eigenvalue weighted by Crippen LogP contribution is -2.16. The maximum atomic E-state index is 6.75. The quantitative estimate of drug-likeness (QED) is 0.116. The molecule has 0 saturated heterocycles. The number of nitrogens with two attached hydrogens (primary N) is 1. The molecule has 0 fully saturated rings. The van der Waals surface area contributed by atoms with Crippen LogP contribution in [0.4, 0.5) is 0 Å². The number of benzene rings is 8. The molecule has 0 bridgehead atoms. The molecule has 4 aromatic heterocycles. The molecule has 12 aromatic rings. The van der Waals surface area contributed by atoms with Gasteiger partial charge < -0.3 is 10.3 Å². The third-order valence-electron chi connectivity index (χ3n) is 12.4. The van der Waals surface area contributed by atoms with Gasteiger partial charge in [0.25, 0.3) is 0 Å². The lowest BCUT2D eigenvalue weighted by atomic mass is 10.1. The summed E-state index contributed by atoms with van der Waals surface area (Å²) in [6, 6.07) is 77.4. The number of aromatic nitrogens is 5. The maximum absolute atomic E-state index is 6.75. The van der Waals surface area contributed by atoms with Crippen molar-refractivity contribution in [1.29, 1.82) is 0 Å². The van der Waals surface area contributed by atoms with E-state index in [2.05, 4.69) is 171 Å². The minimum Gasteiger partial charge on any atom is -0.383 e. The van der Waals surface area contributed by atoms with Crippen molar-refractivity contribution in [3.8, 4) is 39.7 Å². The Kier molecular flexibility index (Phi) is 9.87. The minimum atomic E-state index is 0.391. The van der Waals surface area contributed by atoms with E-state index in [1.54, 1.807) is 0 Å². The Morgan fingerprint density at radius 3 is 1.97 bits per heavy atom. The van der Waals surface area contributed by atoms with Crippen LogP contribution in [0, 0.1) is 0 Å². The highest BCUT2D eigenvalue weighted by Crippen LogP contribution is 2.45. The van der Waals surface area contributed by atoms with Gasteiger partial charge >= 0.3 is 0 Å². The van der Waals surface area contributed by atoms with Crippen LogP contribution in [-0.4, -0.2) is 35.3 Å². The highest BCUT2D eigenvalue weighted by Gasteiger charge is 2.28. The van der Waals surface area contributed by atoms with Crippen molar-refractivity contribution in [3.05, 3.63) is 247 Å². The third-order valence-corrected chi connectivity index (χ3v) is 12.4. The lowest BCUT2D eigenvalue weighted by Gasteiger charge is -2.15. The van der Waals surface area contributed by atoms with Gasteiger partial charge in [-0.25, -0.2) is 9.98 Å². The molecule has 12 rings (SSSR count). The van der Waals surface area contributed by atoms with Crippen LogP contribution in [0.1, 0.15) is 16.7 Å². The van der Waals surface area contributed by atoms with Crippen molar-refractivity contribution in [2.45, 2.75) is 6.54 Å². The van der Waals surface area contributed by atoms with E-state index in [9.17, 15) is 0 Å². The largest absolute Gasteiger partial charge is 0.383 e. The van der Waals surface area contributed by atoms with Gasteiger partial charge in [-0.05, 0) is 60.2 Å². The number of nitrogens with zero attached hydrogens (tertiary/aromatic N) is 7. The summed E-state index contributed by atoms with van der Waals surface area (Å²) in [5.74, 6) is 1.76. The predicted octanol–water partition coefficient (Wildman–Crippen LogP) is 13.1. The van der Waals surface area contributed by atoms with Gasteiger partial charge in [-0.3, -0.25) is 19.1 Å². The molecule has 0 atom stereocenters. The third kappa shape index (κ3) is 6.95. The normalized spacial score (nSPS) is 12.2. The molecule has 67 heavy (non-hydrogen) atoms. The number of aliphatic imine (C=N–C) groups is 2. The van der Waals surface area contributed by atoms with Crippen LogP contribution in [0.25, 0.3) is 83.6 Å². The van der Waals surface area contributed by atoms with Crippen molar-refractivity contribution in [2.75, 3.05) is 0 Å². The van der Waals surface area contributed by atoms with Gasteiger partial charge in [0.05, 0.1) is 39.9 Å². The molecule has 8 heteroatoms. The molecule has 0 saturated carbocycles. The molecular weight excluding hydrogens is 821 g/mol. The zero-order chi connectivity index (χ0) is 44.7. The SMILES string of the molecule is NC(=NC(=NCc1ccccc1)c1cccc(-n2c3ccc4c5ccccc5n(-c5ccccc5-c5ccccn5)c4c3c3c2nc(-c2ccccc2)n3-c2ccccc2)c1)c1ccccc1. The Labute approximate surface area is 386 Å². The number of hydrogen-bond acceptors (Lipinski definition) is 3. The standard InChI is InChI=1S/C59H42N8/c60-56(41-22-7-2-8-23-41)63-57(62-39-40-20-5-1-6-21-40)43-26-19-29-45(38-43)65-52-36-35-47-46-30-13-15-33-50(46)67(51-34-16-14-31-48(51)49-32-17-18-37-61-49)54(47)53(52)55-59(65)64-58(42-24-9-3-10-25-42)66(55)44-27-11-4-12-28-44/h1-38H,39H2,(H2,60,62,63). The summed E-state index contributed by atoms with van der Waals surface area (Å²) >= 11 is 0. The molecule has 0 unspecified atom stereocenters. The number of fused-ring (bicyclic) bond motifs is 7. The van der Waals surface area contributed by atoms with Crippen molar-refractivity contribution >= 4 is 55.5 Å². The number of amidine groups is 2. The average Bonchev–Trinajstić information content (AvgIpc) is 4.06. The van der Waals surface area contributed by atoms with Gasteiger partial charge in [0.15, 0.2) is 11.5 Å². The molecule has 0 aliphatic heterocycles. The Morgan fingerprint density at radius 2 is 1.18 bits per heavy atom. The van der Waals surface area contributed by atoms with E-state index in [1.807, 2.05) is 72.9 Å². The van der Waals surface area contributed by atoms with E-state index < -0.39 is 0 Å². The van der Waals surface area contributed by atoms with Crippen molar-refractivity contribution in [2.24, 2.45) is 15.7 Å². The molecule has 0 amide bonds. The van der Waals surface area contributed by atoms with Gasteiger partial charge in [-0.1, -0.05) is 170 Å². The predicted molar refractivity (Wildman–Crippen MR) is 275 cm³/mol. The first-order valence-electron chi connectivity index (χ1n) is 22.4. The number of imidazole rings is 1. The second kappa shape index (κ2) is 16.8. The van der Waals surface area contributed by atoms with Crippen LogP contribution < -0.4 is 5.73 Å². The number of pyridine rings is 1. The Balaban J connectivity index is 1.20. The van der Waals surface area contributed by atoms with Gasteiger partial charge in [0.2, 0.25) is 0 Å². The van der Waals surface area contributed by atoms with Crippen LogP contribution >= 0.6 is 0 Å². The van der Waals surface area contributed by atoms with E-state index in [-0.39, 0.29) is 0 Å². The van der Waals surface area contributed by atoms with E-state index in [0.717, 1.165) is 100 Å². The monoisotopic (exact) mass is 862 g/mol. The lowest BCUT2D eigenvalue weighted by molar-refractivity contribution is 1.06. The molecule has 0 radical (unpaired) electrons. The first-order valence-corrected chi connectivity index (χ1v) is 22.4. The Morgan fingerprint density at radius 1 is 0.507 bits per heavy atom. The van der Waals surface area contributed by atoms with Gasteiger partial charge in [0, 0.05) is 50.6 Å². The summed E-state index contributed by atoms with van der Waals surface area (Å²) in [5, 5.41) is 3.35. The molecule has 0 aliphatic rings. The summed E-state index contributed by atoms with van der Waals surface area (Å²) in [4.78, 5) is 20.7. The highest BCUT2D eigenvalue weighted by atomic mass is 15.2. The fraction of sp³-hybridized carbons (Fsp3) is 0.0169. The van der Waals surface area contributed by atoms with Gasteiger partial charge in [0.1, 0.15) is 17.2 Å². The van der Waals surface area contributed by atoms with E-state index >= 15 is 0 Å². The van der Waals surface area contributed by atoms with E-state index in [0.29, 0.717) is 18.2 Å². The number of para-hydroxylation sites is 3. The van der Waals surface area contributed by atoms with Crippen LogP contribution in [0.15, 0.2) is 241 Å². The molecule has 8 aromatic carbocycles. The summed E-state index contributed by atoms with van der Waals surface area (Å²) in [6.45, 7) is 0.438. The molecular formula is C59H42N8. The minimum absolute atomic E-state index is 0.391.